The first-order chi connectivity index (χ1) is 7.71. The molecule has 0 saturated carbocycles. The molecular weight excluding hydrogens is 238 g/mol. The van der Waals surface area contributed by atoms with E-state index in [0.717, 1.165) is 5.82 Å². The summed E-state index contributed by atoms with van der Waals surface area (Å²) in [5, 5.41) is 9.55. The minimum atomic E-state index is -0.855. The first kappa shape index (κ1) is 13.9. The highest BCUT2D eigenvalue weighted by Crippen LogP contribution is 2.26. The van der Waals surface area contributed by atoms with E-state index in [4.69, 9.17) is 5.11 Å². The fraction of sp³-hybridized carbons (Fsp3) is 0.727. The lowest BCUT2D eigenvalue weighted by molar-refractivity contribution is -0.135. The van der Waals surface area contributed by atoms with Crippen molar-refractivity contribution in [3.05, 3.63) is 5.82 Å². The Hall–Kier alpha value is -1.17. The van der Waals surface area contributed by atoms with Crippen molar-refractivity contribution in [3.8, 4) is 0 Å². The van der Waals surface area contributed by atoms with Crippen LogP contribution in [0.3, 0.4) is 0 Å². The molecule has 0 aliphatic rings. The number of hydrogen-bond acceptors (Lipinski definition) is 5. The largest absolute Gasteiger partial charge is 0.480 e. The highest BCUT2D eigenvalue weighted by molar-refractivity contribution is 7.09. The number of carboxylic acids is 1. The number of anilines is 1. The monoisotopic (exact) mass is 257 g/mol. The van der Waals surface area contributed by atoms with Gasteiger partial charge in [-0.25, -0.2) is 4.98 Å². The van der Waals surface area contributed by atoms with Gasteiger partial charge in [-0.2, -0.15) is 4.37 Å². The minimum absolute atomic E-state index is 0.0452. The Morgan fingerprint density at radius 1 is 1.47 bits per heavy atom. The molecule has 0 amide bonds. The normalized spacial score (nSPS) is 11.9. The fourth-order valence-corrected chi connectivity index (χ4v) is 2.24. The average Bonchev–Trinajstić information content (AvgIpc) is 2.60. The predicted octanol–water partition coefficient (Wildman–Crippen LogP) is 2.13. The molecule has 0 aliphatic heterocycles. The smallest absolute Gasteiger partial charge is 0.323 e. The maximum atomic E-state index is 10.8. The second-order valence-electron chi connectivity index (χ2n) is 5.27. The van der Waals surface area contributed by atoms with Crippen LogP contribution in [0.1, 0.15) is 40.4 Å². The van der Waals surface area contributed by atoms with Crippen molar-refractivity contribution in [2.45, 2.75) is 46.1 Å². The number of aliphatic carboxylic acids is 1. The van der Waals surface area contributed by atoms with Gasteiger partial charge in [0.25, 0.3) is 0 Å². The predicted molar refractivity (Wildman–Crippen MR) is 68.7 cm³/mol. The first-order valence-corrected chi connectivity index (χ1v) is 6.31. The third-order valence-corrected chi connectivity index (χ3v) is 3.01. The van der Waals surface area contributed by atoms with E-state index >= 15 is 0 Å². The molecule has 1 rings (SSSR count). The van der Waals surface area contributed by atoms with E-state index in [1.54, 1.807) is 4.90 Å². The Labute approximate surface area is 106 Å². The third kappa shape index (κ3) is 3.66. The zero-order chi connectivity index (χ0) is 13.2. The molecular formula is C11H19N3O2S. The van der Waals surface area contributed by atoms with Crippen LogP contribution >= 0.6 is 11.5 Å². The van der Waals surface area contributed by atoms with Crippen molar-refractivity contribution in [1.29, 1.82) is 0 Å². The van der Waals surface area contributed by atoms with Crippen LogP contribution in [0.15, 0.2) is 0 Å². The summed E-state index contributed by atoms with van der Waals surface area (Å²) in [6.07, 6.45) is 0. The lowest BCUT2D eigenvalue weighted by Gasteiger charge is -2.23. The lowest BCUT2D eigenvalue weighted by atomic mass is 9.96. The van der Waals surface area contributed by atoms with Crippen LogP contribution in [-0.4, -0.2) is 33.0 Å². The SMILES string of the molecule is CC(C)N(CC(=O)O)c1nc(C(C)(C)C)ns1. The van der Waals surface area contributed by atoms with Crippen LogP contribution in [0.5, 0.6) is 0 Å². The molecule has 0 saturated heterocycles. The quantitative estimate of drug-likeness (QED) is 0.895. The van der Waals surface area contributed by atoms with Crippen molar-refractivity contribution in [2.75, 3.05) is 11.4 Å². The van der Waals surface area contributed by atoms with Crippen LogP contribution in [0.2, 0.25) is 0 Å². The molecule has 96 valence electrons. The van der Waals surface area contributed by atoms with Gasteiger partial charge in [0.1, 0.15) is 12.4 Å². The van der Waals surface area contributed by atoms with E-state index in [-0.39, 0.29) is 18.0 Å². The number of nitrogens with zero attached hydrogens (tertiary/aromatic N) is 3. The van der Waals surface area contributed by atoms with Gasteiger partial charge in [-0.15, -0.1) is 0 Å². The first-order valence-electron chi connectivity index (χ1n) is 5.54. The summed E-state index contributed by atoms with van der Waals surface area (Å²) in [7, 11) is 0. The van der Waals surface area contributed by atoms with Gasteiger partial charge in [0.15, 0.2) is 0 Å². The molecule has 1 N–H and O–H groups in total. The van der Waals surface area contributed by atoms with Gasteiger partial charge in [0.2, 0.25) is 5.13 Å². The summed E-state index contributed by atoms with van der Waals surface area (Å²) in [5.41, 5.74) is -0.110. The lowest BCUT2D eigenvalue weighted by Crippen LogP contribution is -2.35. The van der Waals surface area contributed by atoms with Gasteiger partial charge in [-0.1, -0.05) is 20.8 Å². The molecule has 0 fully saturated rings. The van der Waals surface area contributed by atoms with E-state index in [1.807, 2.05) is 34.6 Å². The van der Waals surface area contributed by atoms with Crippen LogP contribution in [0.4, 0.5) is 5.13 Å². The number of carbonyl (C=O) groups is 1. The summed E-state index contributed by atoms with van der Waals surface area (Å²) in [6.45, 7) is 9.96. The molecule has 0 atom stereocenters. The van der Waals surface area contributed by atoms with E-state index < -0.39 is 5.97 Å². The van der Waals surface area contributed by atoms with Crippen molar-refractivity contribution >= 4 is 22.6 Å². The van der Waals surface area contributed by atoms with Crippen LogP contribution in [0.25, 0.3) is 0 Å². The number of rotatable bonds is 4. The van der Waals surface area contributed by atoms with E-state index in [9.17, 15) is 4.79 Å². The number of carboxylic acid groups (broad SMARTS) is 1. The third-order valence-electron chi connectivity index (χ3n) is 2.26. The maximum Gasteiger partial charge on any atom is 0.323 e. The molecule has 0 bridgehead atoms. The van der Waals surface area contributed by atoms with E-state index in [0.29, 0.717) is 5.13 Å². The molecule has 0 unspecified atom stereocenters. The Morgan fingerprint density at radius 3 is 2.41 bits per heavy atom. The summed E-state index contributed by atoms with van der Waals surface area (Å²) in [5.74, 6) is -0.0975. The molecule has 0 radical (unpaired) electrons. The minimum Gasteiger partial charge on any atom is -0.480 e. The molecule has 1 aromatic heterocycles. The molecule has 0 aliphatic carbocycles. The molecule has 0 spiro atoms. The molecule has 1 heterocycles. The molecule has 1 aromatic rings. The van der Waals surface area contributed by atoms with Crippen molar-refractivity contribution < 1.29 is 9.90 Å². The summed E-state index contributed by atoms with van der Waals surface area (Å²) >= 11 is 1.26. The summed E-state index contributed by atoms with van der Waals surface area (Å²) < 4.78 is 4.29. The Balaban J connectivity index is 2.96. The van der Waals surface area contributed by atoms with Gasteiger partial charge in [0.05, 0.1) is 0 Å². The van der Waals surface area contributed by atoms with Crippen LogP contribution in [0, 0.1) is 0 Å². The maximum absolute atomic E-state index is 10.8. The zero-order valence-corrected chi connectivity index (χ0v) is 11.7. The van der Waals surface area contributed by atoms with Crippen LogP contribution < -0.4 is 4.90 Å². The molecule has 0 aromatic carbocycles. The number of hydrogen-bond donors (Lipinski definition) is 1. The average molecular weight is 257 g/mol. The molecule has 5 nitrogen and oxygen atoms in total. The number of aromatic nitrogens is 2. The van der Waals surface area contributed by atoms with Crippen molar-refractivity contribution in [1.82, 2.24) is 9.36 Å². The standard InChI is InChI=1S/C11H19N3O2S/c1-7(2)14(6-8(15)16)10-12-9(13-17-10)11(3,4)5/h7H,6H2,1-5H3,(H,15,16). The van der Waals surface area contributed by atoms with Crippen LogP contribution in [-0.2, 0) is 10.2 Å². The highest BCUT2D eigenvalue weighted by Gasteiger charge is 2.23. The molecule has 17 heavy (non-hydrogen) atoms. The topological polar surface area (TPSA) is 66.3 Å². The van der Waals surface area contributed by atoms with Crippen molar-refractivity contribution in [2.24, 2.45) is 0 Å². The Bertz CT molecular complexity index is 396. The van der Waals surface area contributed by atoms with Gasteiger partial charge in [-0.3, -0.25) is 4.79 Å². The van der Waals surface area contributed by atoms with Gasteiger partial charge in [-0.05, 0) is 13.8 Å². The molecule has 6 heteroatoms. The van der Waals surface area contributed by atoms with Gasteiger partial charge in [0, 0.05) is 23.0 Å². The summed E-state index contributed by atoms with van der Waals surface area (Å²) in [6, 6.07) is 0.0897. The highest BCUT2D eigenvalue weighted by atomic mass is 32.1. The van der Waals surface area contributed by atoms with Crippen molar-refractivity contribution in [3.63, 3.8) is 0 Å². The van der Waals surface area contributed by atoms with E-state index in [2.05, 4.69) is 9.36 Å². The van der Waals surface area contributed by atoms with E-state index in [1.165, 1.54) is 11.5 Å². The second-order valence-corrected chi connectivity index (χ2v) is 6.00. The van der Waals surface area contributed by atoms with Gasteiger partial charge >= 0.3 is 5.97 Å². The van der Waals surface area contributed by atoms with Gasteiger partial charge < -0.3 is 10.0 Å². The zero-order valence-electron chi connectivity index (χ0n) is 10.9. The fourth-order valence-electron chi connectivity index (χ4n) is 1.25. The second kappa shape index (κ2) is 5.00. The Morgan fingerprint density at radius 2 is 2.06 bits per heavy atom. The Kier molecular flexibility index (Phi) is 4.08. The summed E-state index contributed by atoms with van der Waals surface area (Å²) in [4.78, 5) is 17.0.